The van der Waals surface area contributed by atoms with Crippen LogP contribution in [0.5, 0.6) is 69.0 Å². The van der Waals surface area contributed by atoms with Crippen molar-refractivity contribution in [3.05, 3.63) is 213 Å². The Balaban J connectivity index is 1.05. The van der Waals surface area contributed by atoms with Crippen molar-refractivity contribution in [1.82, 2.24) is 0 Å². The summed E-state index contributed by atoms with van der Waals surface area (Å²) in [6.07, 6.45) is 1.66. The summed E-state index contributed by atoms with van der Waals surface area (Å²) in [6.45, 7) is 0. The summed E-state index contributed by atoms with van der Waals surface area (Å²) in [6, 6.07) is 40.7. The van der Waals surface area contributed by atoms with Crippen LogP contribution < -0.4 is 14.2 Å². The predicted octanol–water partition coefficient (Wildman–Crippen LogP) is 11.0. The first kappa shape index (κ1) is 41.8. The third-order valence-corrected chi connectivity index (χ3v) is 13.1. The summed E-state index contributed by atoms with van der Waals surface area (Å²) < 4.78 is 20.0. The highest BCUT2D eigenvalue weighted by molar-refractivity contribution is 5.77. The van der Waals surface area contributed by atoms with E-state index in [1.165, 1.54) is 30.3 Å². The van der Waals surface area contributed by atoms with Gasteiger partial charge in [-0.3, -0.25) is 0 Å². The molecule has 3 aliphatic heterocycles. The summed E-state index contributed by atoms with van der Waals surface area (Å²) >= 11 is 0. The zero-order valence-electron chi connectivity index (χ0n) is 35.8. The van der Waals surface area contributed by atoms with Crippen LogP contribution in [0, 0.1) is 0 Å². The molecule has 0 saturated carbocycles. The van der Waals surface area contributed by atoms with Gasteiger partial charge in [0.15, 0.2) is 0 Å². The van der Waals surface area contributed by atoms with Crippen molar-refractivity contribution in [2.75, 3.05) is 0 Å². The largest absolute Gasteiger partial charge is 0.508 e. The van der Waals surface area contributed by atoms with Crippen LogP contribution >= 0.6 is 0 Å². The fourth-order valence-electron chi connectivity index (χ4n) is 10.2. The average molecular weight is 907 g/mol. The molecule has 0 amide bonds. The second-order valence-electron chi connectivity index (χ2n) is 17.4. The quantitative estimate of drug-likeness (QED) is 0.0652. The van der Waals surface area contributed by atoms with Gasteiger partial charge in [0.1, 0.15) is 87.3 Å². The number of aromatic hydroxyl groups is 9. The smallest absolute Gasteiger partial charge is 0.135 e. The molecule has 0 radical (unpaired) electrons. The lowest BCUT2D eigenvalue weighted by atomic mass is 9.76. The van der Waals surface area contributed by atoms with Crippen LogP contribution in [0.3, 0.4) is 0 Å². The Labute approximate surface area is 389 Å². The van der Waals surface area contributed by atoms with Gasteiger partial charge in [-0.1, -0.05) is 60.7 Å². The Morgan fingerprint density at radius 2 is 0.809 bits per heavy atom. The molecule has 8 aromatic carbocycles. The molecule has 0 unspecified atom stereocenters. The predicted molar refractivity (Wildman–Crippen MR) is 251 cm³/mol. The number of phenolic OH excluding ortho intramolecular Hbond substituents is 9. The van der Waals surface area contributed by atoms with E-state index in [1.807, 2.05) is 30.4 Å². The number of hydrogen-bond donors (Lipinski definition) is 9. The molecule has 9 N–H and O–H groups in total. The molecule has 0 aliphatic carbocycles. The zero-order valence-corrected chi connectivity index (χ0v) is 35.8. The molecule has 12 heteroatoms. The summed E-state index contributed by atoms with van der Waals surface area (Å²) in [5, 5.41) is 96.2. The number of phenols is 9. The lowest BCUT2D eigenvalue weighted by Crippen LogP contribution is -2.16. The number of benzene rings is 8. The van der Waals surface area contributed by atoms with E-state index in [0.29, 0.717) is 61.8 Å². The number of hydrogen-bond acceptors (Lipinski definition) is 12. The van der Waals surface area contributed by atoms with Crippen molar-refractivity contribution in [3.8, 4) is 69.0 Å². The SMILES string of the molecule is Oc1ccc([C@H]2Oc3ccc(/C=C/c4cc(O)cc5c4[C@H](c4ccc(O)cc4O)[C@@H](c4ccc(O)cc4)O5)cc3[C@@H]2c2cc(O)cc3c2[C@H](c2cc(O)cc(O)c2)[C@@H](c2ccc(O)cc2)O3)cc1. The van der Waals surface area contributed by atoms with Crippen molar-refractivity contribution < 1.29 is 60.2 Å². The molecular formula is C56H42O12. The first-order valence-electron chi connectivity index (χ1n) is 21.8. The van der Waals surface area contributed by atoms with Gasteiger partial charge in [0.2, 0.25) is 0 Å². The van der Waals surface area contributed by atoms with Gasteiger partial charge in [-0.25, -0.2) is 0 Å². The summed E-state index contributed by atoms with van der Waals surface area (Å²) in [7, 11) is 0. The Kier molecular flexibility index (Phi) is 9.96. The summed E-state index contributed by atoms with van der Waals surface area (Å²) in [5.41, 5.74) is 7.25. The lowest BCUT2D eigenvalue weighted by molar-refractivity contribution is 0.220. The second-order valence-corrected chi connectivity index (χ2v) is 17.4. The maximum absolute atomic E-state index is 11.5. The molecule has 0 spiro atoms. The van der Waals surface area contributed by atoms with Crippen LogP contribution in [-0.2, 0) is 0 Å². The third-order valence-electron chi connectivity index (χ3n) is 13.1. The van der Waals surface area contributed by atoms with E-state index in [1.54, 1.807) is 103 Å². The fraction of sp³-hybridized carbons (Fsp3) is 0.107. The van der Waals surface area contributed by atoms with Crippen molar-refractivity contribution in [2.45, 2.75) is 36.1 Å². The Bertz CT molecular complexity index is 3270. The minimum Gasteiger partial charge on any atom is -0.508 e. The van der Waals surface area contributed by atoms with E-state index >= 15 is 0 Å². The van der Waals surface area contributed by atoms with Gasteiger partial charge in [0, 0.05) is 46.5 Å². The molecule has 0 bridgehead atoms. The first-order chi connectivity index (χ1) is 32.8. The molecule has 338 valence electrons. The van der Waals surface area contributed by atoms with Crippen LogP contribution in [0.4, 0.5) is 0 Å². The van der Waals surface area contributed by atoms with Crippen molar-refractivity contribution in [2.24, 2.45) is 0 Å². The maximum Gasteiger partial charge on any atom is 0.135 e. The topological polar surface area (TPSA) is 210 Å². The standard InChI is InChI=1S/C56H42O12/c57-34-10-4-29(5-11-34)54-50(33-21-38(61)23-39(62)22-33)52-44(24-41(64)27-48(52)68-54)51-43-19-28(2-18-46(43)66-55(51)30-6-12-35(58)13-7-30)1-3-32-20-40(63)26-47-49(32)53(42-17-16-37(60)25-45(42)65)56(67-47)31-8-14-36(59)15-9-31/h1-27,50-51,53-65H/b3-1+/t50-,51+,53-,54+,55+,56+/m0/s1. The minimum absolute atomic E-state index is 0.0530. The number of rotatable bonds is 8. The van der Waals surface area contributed by atoms with Crippen LogP contribution in [0.25, 0.3) is 12.2 Å². The normalized spacial score (nSPS) is 20.0. The van der Waals surface area contributed by atoms with Gasteiger partial charge in [-0.2, -0.15) is 0 Å². The summed E-state index contributed by atoms with van der Waals surface area (Å²) in [5.74, 6) is -1.02. The zero-order chi connectivity index (χ0) is 47.0. The molecule has 8 aromatic rings. The minimum atomic E-state index is -0.718. The molecule has 3 aliphatic rings. The molecule has 12 nitrogen and oxygen atoms in total. The van der Waals surface area contributed by atoms with Crippen molar-refractivity contribution >= 4 is 12.2 Å². The third kappa shape index (κ3) is 7.37. The molecule has 3 heterocycles. The number of ether oxygens (including phenoxy) is 3. The van der Waals surface area contributed by atoms with E-state index in [2.05, 4.69) is 0 Å². The summed E-state index contributed by atoms with van der Waals surface area (Å²) in [4.78, 5) is 0. The molecular weight excluding hydrogens is 865 g/mol. The maximum atomic E-state index is 11.5. The van der Waals surface area contributed by atoms with Gasteiger partial charge in [0.25, 0.3) is 0 Å². The molecule has 0 aromatic heterocycles. The molecule has 0 saturated heterocycles. The molecule has 68 heavy (non-hydrogen) atoms. The lowest BCUT2D eigenvalue weighted by Gasteiger charge is -2.26. The Morgan fingerprint density at radius 1 is 0.309 bits per heavy atom. The van der Waals surface area contributed by atoms with Crippen LogP contribution in [0.1, 0.15) is 97.3 Å². The highest BCUT2D eigenvalue weighted by atomic mass is 16.5. The number of fused-ring (bicyclic) bond motifs is 3. The highest BCUT2D eigenvalue weighted by Crippen LogP contribution is 2.59. The van der Waals surface area contributed by atoms with E-state index in [0.717, 1.165) is 16.7 Å². The van der Waals surface area contributed by atoms with Gasteiger partial charge in [-0.05, 0) is 118 Å². The van der Waals surface area contributed by atoms with Crippen molar-refractivity contribution in [1.29, 1.82) is 0 Å². The molecule has 0 fully saturated rings. The second kappa shape index (κ2) is 16.2. The highest BCUT2D eigenvalue weighted by Gasteiger charge is 2.46. The van der Waals surface area contributed by atoms with E-state index in [-0.39, 0.29) is 51.7 Å². The average Bonchev–Trinajstić information content (AvgIpc) is 4.00. The first-order valence-corrected chi connectivity index (χ1v) is 21.8. The van der Waals surface area contributed by atoms with Crippen LogP contribution in [0.15, 0.2) is 152 Å². The van der Waals surface area contributed by atoms with E-state index in [4.69, 9.17) is 14.2 Å². The van der Waals surface area contributed by atoms with Crippen LogP contribution in [-0.4, -0.2) is 46.0 Å². The molecule has 6 atom stereocenters. The Morgan fingerprint density at radius 3 is 1.40 bits per heavy atom. The van der Waals surface area contributed by atoms with Gasteiger partial charge < -0.3 is 60.2 Å². The van der Waals surface area contributed by atoms with E-state index < -0.39 is 36.1 Å². The monoisotopic (exact) mass is 906 g/mol. The van der Waals surface area contributed by atoms with Crippen molar-refractivity contribution in [3.63, 3.8) is 0 Å². The van der Waals surface area contributed by atoms with Crippen LogP contribution in [0.2, 0.25) is 0 Å². The van der Waals surface area contributed by atoms with Gasteiger partial charge >= 0.3 is 0 Å². The molecule has 11 rings (SSSR count). The van der Waals surface area contributed by atoms with E-state index in [9.17, 15) is 46.0 Å². The van der Waals surface area contributed by atoms with Gasteiger partial charge in [0.05, 0.1) is 17.8 Å². The Hall–Kier alpha value is -8.90. The fourth-order valence-corrected chi connectivity index (χ4v) is 10.2. The van der Waals surface area contributed by atoms with Gasteiger partial charge in [-0.15, -0.1) is 0 Å².